The maximum Gasteiger partial charge on any atom is 0.0745 e. The maximum absolute atomic E-state index is 2.39. The van der Waals surface area contributed by atoms with Gasteiger partial charge in [-0.05, 0) is 95.1 Å². The zero-order valence-electron chi connectivity index (χ0n) is 25.3. The minimum atomic E-state index is -0.403. The molecule has 1 aromatic heterocycles. The van der Waals surface area contributed by atoms with Gasteiger partial charge < -0.3 is 4.90 Å². The van der Waals surface area contributed by atoms with Crippen molar-refractivity contribution in [1.82, 2.24) is 0 Å². The Labute approximate surface area is 286 Å². The zero-order chi connectivity index (χ0) is 31.0. The van der Waals surface area contributed by atoms with E-state index in [1.165, 1.54) is 62.0 Å². The van der Waals surface area contributed by atoms with Crippen LogP contribution in [0.15, 0.2) is 183 Å². The highest BCUT2D eigenvalue weighted by Gasteiger charge is 2.49. The summed E-state index contributed by atoms with van der Waals surface area (Å²) < 4.78 is 2.64. The van der Waals surface area contributed by atoms with Gasteiger partial charge in [-0.2, -0.15) is 0 Å². The van der Waals surface area contributed by atoms with Gasteiger partial charge in [-0.3, -0.25) is 0 Å². The summed E-state index contributed by atoms with van der Waals surface area (Å²) in [7, 11) is 0. The molecule has 3 heterocycles. The number of thiophene rings is 1. The van der Waals surface area contributed by atoms with Crippen molar-refractivity contribution in [3.05, 3.63) is 186 Å². The smallest absolute Gasteiger partial charge is 0.0745 e. The normalized spacial score (nSPS) is 14.0. The van der Waals surface area contributed by atoms with Crippen LogP contribution in [0.5, 0.6) is 0 Å². The molecule has 0 fully saturated rings. The molecule has 0 atom stereocenters. The predicted molar refractivity (Wildman–Crippen MR) is 201 cm³/mol. The van der Waals surface area contributed by atoms with Gasteiger partial charge in [-0.1, -0.05) is 115 Å². The van der Waals surface area contributed by atoms with E-state index in [0.717, 1.165) is 17.1 Å². The summed E-state index contributed by atoms with van der Waals surface area (Å²) in [5.74, 6) is 0. The van der Waals surface area contributed by atoms with Crippen LogP contribution in [0.4, 0.5) is 17.1 Å². The molecule has 7 aromatic carbocycles. The lowest BCUT2D eigenvalue weighted by Gasteiger charge is -2.46. The molecule has 4 heteroatoms. The number of hydrogen-bond acceptors (Lipinski definition) is 4. The summed E-state index contributed by atoms with van der Waals surface area (Å²) in [6.45, 7) is 0. The Kier molecular flexibility index (Phi) is 6.20. The molecule has 47 heavy (non-hydrogen) atoms. The van der Waals surface area contributed by atoms with E-state index in [0.29, 0.717) is 0 Å². The highest BCUT2D eigenvalue weighted by atomic mass is 32.2. The van der Waals surface area contributed by atoms with Crippen molar-refractivity contribution < 1.29 is 0 Å². The second-order valence-corrected chi connectivity index (χ2v) is 15.3. The predicted octanol–water partition coefficient (Wildman–Crippen LogP) is 12.8. The summed E-state index contributed by atoms with van der Waals surface area (Å²) in [5, 5.41) is 2.62. The highest BCUT2D eigenvalue weighted by molar-refractivity contribution is 8.00. The van der Waals surface area contributed by atoms with Gasteiger partial charge >= 0.3 is 0 Å². The van der Waals surface area contributed by atoms with E-state index in [9.17, 15) is 0 Å². The molecule has 0 amide bonds. The van der Waals surface area contributed by atoms with Gasteiger partial charge in [0, 0.05) is 56.8 Å². The van der Waals surface area contributed by atoms with Gasteiger partial charge in [-0.25, -0.2) is 0 Å². The number of nitrogens with zero attached hydrogens (tertiary/aromatic N) is 1. The van der Waals surface area contributed by atoms with Crippen LogP contribution in [0.3, 0.4) is 0 Å². The van der Waals surface area contributed by atoms with Gasteiger partial charge in [0.1, 0.15) is 0 Å². The maximum atomic E-state index is 2.39. The molecule has 0 spiro atoms. The standard InChI is InChI=1S/C43H27NS3/c1-2-11-29(12-3-1)44(31-25-26-37-33(27-31)32-13-4-7-16-36(32)45-37)30-23-21-28(22-24-30)43-34-14-5-8-17-38(34)46-40-19-10-20-41(42(40)43)47-39-18-9-6-15-35(39)43/h1-27H. The van der Waals surface area contributed by atoms with E-state index >= 15 is 0 Å². The molecule has 0 unspecified atom stereocenters. The van der Waals surface area contributed by atoms with Gasteiger partial charge in [0.05, 0.1) is 5.41 Å². The molecule has 0 bridgehead atoms. The molecule has 222 valence electrons. The Morgan fingerprint density at radius 3 is 1.68 bits per heavy atom. The monoisotopic (exact) mass is 653 g/mol. The lowest BCUT2D eigenvalue weighted by molar-refractivity contribution is 0.663. The van der Waals surface area contributed by atoms with Crippen LogP contribution in [-0.2, 0) is 5.41 Å². The Balaban J connectivity index is 1.19. The minimum absolute atomic E-state index is 0.403. The minimum Gasteiger partial charge on any atom is -0.310 e. The van der Waals surface area contributed by atoms with Gasteiger partial charge in [0.25, 0.3) is 0 Å². The Morgan fingerprint density at radius 1 is 0.404 bits per heavy atom. The number of rotatable bonds is 4. The number of para-hydroxylation sites is 1. The molecule has 10 rings (SSSR count). The van der Waals surface area contributed by atoms with E-state index in [2.05, 4.69) is 169 Å². The number of anilines is 3. The van der Waals surface area contributed by atoms with Crippen molar-refractivity contribution in [2.24, 2.45) is 0 Å². The lowest BCUT2D eigenvalue weighted by atomic mass is 9.64. The van der Waals surface area contributed by atoms with Gasteiger partial charge in [0.2, 0.25) is 0 Å². The highest BCUT2D eigenvalue weighted by Crippen LogP contribution is 2.62. The Morgan fingerprint density at radius 2 is 0.957 bits per heavy atom. The first-order chi connectivity index (χ1) is 23.3. The Hall–Kier alpha value is -4.74. The zero-order valence-corrected chi connectivity index (χ0v) is 27.7. The van der Waals surface area contributed by atoms with Crippen LogP contribution in [-0.4, -0.2) is 0 Å². The van der Waals surface area contributed by atoms with E-state index < -0.39 is 5.41 Å². The van der Waals surface area contributed by atoms with E-state index in [-0.39, 0.29) is 0 Å². The second-order valence-electron chi connectivity index (χ2n) is 12.1. The van der Waals surface area contributed by atoms with E-state index in [1.807, 2.05) is 34.9 Å². The molecule has 0 radical (unpaired) electrons. The SMILES string of the molecule is c1ccc(N(c2ccc(C34c5ccccc5Sc5cccc(c53)Sc3ccccc34)cc2)c2ccc3sc4ccccc4c3c2)cc1. The molecule has 0 saturated carbocycles. The molecule has 8 aromatic rings. The third kappa shape index (κ3) is 4.05. The molecule has 2 aliphatic rings. The number of hydrogen-bond donors (Lipinski definition) is 0. The third-order valence-electron chi connectivity index (χ3n) is 9.58. The number of benzene rings is 7. The number of fused-ring (bicyclic) bond motifs is 7. The first kappa shape index (κ1) is 27.4. The quantitative estimate of drug-likeness (QED) is 0.186. The molecule has 0 saturated heterocycles. The first-order valence-corrected chi connectivity index (χ1v) is 18.3. The van der Waals surface area contributed by atoms with Crippen molar-refractivity contribution in [3.63, 3.8) is 0 Å². The second kappa shape index (κ2) is 10.6. The van der Waals surface area contributed by atoms with Crippen molar-refractivity contribution in [3.8, 4) is 0 Å². The molecular formula is C43H27NS3. The average Bonchev–Trinajstić information content (AvgIpc) is 3.50. The third-order valence-corrected chi connectivity index (χ3v) is 13.0. The van der Waals surface area contributed by atoms with E-state index in [4.69, 9.17) is 0 Å². The summed E-state index contributed by atoms with van der Waals surface area (Å²) in [5.41, 5.74) is 8.47. The summed E-state index contributed by atoms with van der Waals surface area (Å²) in [6, 6.07) is 60.6. The van der Waals surface area contributed by atoms with Crippen LogP contribution in [0, 0.1) is 0 Å². The van der Waals surface area contributed by atoms with Crippen LogP contribution < -0.4 is 4.90 Å². The van der Waals surface area contributed by atoms with E-state index in [1.54, 1.807) is 0 Å². The van der Waals surface area contributed by atoms with Crippen molar-refractivity contribution >= 4 is 72.1 Å². The van der Waals surface area contributed by atoms with Crippen molar-refractivity contribution in [1.29, 1.82) is 0 Å². The fraction of sp³-hybridized carbons (Fsp3) is 0.0233. The largest absolute Gasteiger partial charge is 0.310 e. The van der Waals surface area contributed by atoms with Gasteiger partial charge in [0.15, 0.2) is 0 Å². The molecular weight excluding hydrogens is 627 g/mol. The Bertz CT molecular complexity index is 2410. The van der Waals surface area contributed by atoms with Crippen LogP contribution in [0.1, 0.15) is 22.3 Å². The fourth-order valence-corrected chi connectivity index (χ4v) is 11.2. The van der Waals surface area contributed by atoms with Crippen LogP contribution >= 0.6 is 34.9 Å². The topological polar surface area (TPSA) is 3.24 Å². The summed E-state index contributed by atoms with van der Waals surface area (Å²) in [4.78, 5) is 7.72. The summed E-state index contributed by atoms with van der Waals surface area (Å²) >= 11 is 5.66. The van der Waals surface area contributed by atoms with Gasteiger partial charge in [-0.15, -0.1) is 11.3 Å². The fourth-order valence-electron chi connectivity index (χ4n) is 7.63. The molecule has 2 aliphatic heterocycles. The van der Waals surface area contributed by atoms with Crippen molar-refractivity contribution in [2.75, 3.05) is 4.90 Å². The lowest BCUT2D eigenvalue weighted by Crippen LogP contribution is -2.36. The van der Waals surface area contributed by atoms with Crippen LogP contribution in [0.25, 0.3) is 20.2 Å². The summed E-state index contributed by atoms with van der Waals surface area (Å²) in [6.07, 6.45) is 0. The molecule has 0 N–H and O–H groups in total. The average molecular weight is 654 g/mol. The molecule has 1 nitrogen and oxygen atoms in total. The van der Waals surface area contributed by atoms with Crippen LogP contribution in [0.2, 0.25) is 0 Å². The first-order valence-electron chi connectivity index (χ1n) is 15.8. The van der Waals surface area contributed by atoms with Crippen molar-refractivity contribution in [2.45, 2.75) is 25.0 Å². The molecule has 0 aliphatic carbocycles.